The van der Waals surface area contributed by atoms with Crippen LogP contribution in [0.15, 0.2) is 48.5 Å². The van der Waals surface area contributed by atoms with Crippen LogP contribution in [-0.2, 0) is 18.1 Å². The van der Waals surface area contributed by atoms with Gasteiger partial charge in [-0.3, -0.25) is 0 Å². The molecule has 0 bridgehead atoms. The zero-order valence-corrected chi connectivity index (χ0v) is 13.9. The van der Waals surface area contributed by atoms with Gasteiger partial charge in [-0.05, 0) is 34.7 Å². The molecule has 0 aromatic heterocycles. The van der Waals surface area contributed by atoms with Crippen LogP contribution in [0.3, 0.4) is 0 Å². The number of hydrogen-bond donors (Lipinski definition) is 0. The summed E-state index contributed by atoms with van der Waals surface area (Å²) in [6.45, 7) is 7.01. The largest absolute Gasteiger partial charge is 0.416 e. The quantitative estimate of drug-likeness (QED) is 0.707. The van der Waals surface area contributed by atoms with Gasteiger partial charge in [0.2, 0.25) is 0 Å². The second-order valence-electron chi connectivity index (χ2n) is 6.85. The monoisotopic (exact) mass is 321 g/mol. The average molecular weight is 321 g/mol. The minimum Gasteiger partial charge on any atom is -0.370 e. The molecule has 0 radical (unpaired) electrons. The van der Waals surface area contributed by atoms with Crippen LogP contribution in [0.4, 0.5) is 18.9 Å². The minimum absolute atomic E-state index is 0.0888. The maximum absolute atomic E-state index is 12.8. The third-order valence-corrected chi connectivity index (χ3v) is 3.85. The lowest BCUT2D eigenvalue weighted by Gasteiger charge is -2.22. The maximum atomic E-state index is 12.8. The molecule has 4 heteroatoms. The van der Waals surface area contributed by atoms with Gasteiger partial charge in [0.05, 0.1) is 5.56 Å². The van der Waals surface area contributed by atoms with Crippen molar-refractivity contribution in [2.24, 2.45) is 0 Å². The van der Waals surface area contributed by atoms with Gasteiger partial charge in [0.25, 0.3) is 0 Å². The van der Waals surface area contributed by atoms with Gasteiger partial charge in [-0.25, -0.2) is 0 Å². The normalized spacial score (nSPS) is 12.3. The average Bonchev–Trinajstić information content (AvgIpc) is 2.46. The van der Waals surface area contributed by atoms with Crippen LogP contribution in [0, 0.1) is 0 Å². The van der Waals surface area contributed by atoms with Gasteiger partial charge in [-0.15, -0.1) is 0 Å². The molecule has 23 heavy (non-hydrogen) atoms. The first-order chi connectivity index (χ1) is 10.6. The molecule has 0 aliphatic carbocycles. The van der Waals surface area contributed by atoms with Crippen molar-refractivity contribution in [1.82, 2.24) is 0 Å². The predicted octanol–water partition coefficient (Wildman–Crippen LogP) is 5.64. The molecule has 0 aliphatic heterocycles. The van der Waals surface area contributed by atoms with Gasteiger partial charge in [-0.1, -0.05) is 51.1 Å². The van der Waals surface area contributed by atoms with E-state index in [9.17, 15) is 13.2 Å². The summed E-state index contributed by atoms with van der Waals surface area (Å²) in [6.07, 6.45) is -4.31. The summed E-state index contributed by atoms with van der Waals surface area (Å²) in [5.74, 6) is 0. The van der Waals surface area contributed by atoms with Crippen molar-refractivity contribution in [3.05, 3.63) is 65.2 Å². The van der Waals surface area contributed by atoms with Gasteiger partial charge in [0.1, 0.15) is 0 Å². The minimum atomic E-state index is -4.31. The van der Waals surface area contributed by atoms with E-state index in [1.54, 1.807) is 13.1 Å². The van der Waals surface area contributed by atoms with E-state index in [0.29, 0.717) is 12.2 Å². The fourth-order valence-corrected chi connectivity index (χ4v) is 2.39. The lowest BCUT2D eigenvalue weighted by Crippen LogP contribution is -2.17. The smallest absolute Gasteiger partial charge is 0.370 e. The van der Waals surface area contributed by atoms with Crippen molar-refractivity contribution in [2.75, 3.05) is 11.9 Å². The van der Waals surface area contributed by atoms with Crippen molar-refractivity contribution in [1.29, 1.82) is 0 Å². The molecule has 0 N–H and O–H groups in total. The number of anilines is 1. The second kappa shape index (κ2) is 6.26. The Morgan fingerprint density at radius 3 is 2.00 bits per heavy atom. The predicted molar refractivity (Wildman–Crippen MR) is 88.7 cm³/mol. The second-order valence-corrected chi connectivity index (χ2v) is 6.85. The van der Waals surface area contributed by atoms with Gasteiger partial charge < -0.3 is 4.90 Å². The molecule has 0 heterocycles. The molecule has 2 aromatic rings. The Morgan fingerprint density at radius 2 is 1.48 bits per heavy atom. The summed E-state index contributed by atoms with van der Waals surface area (Å²) >= 11 is 0. The number of halogens is 3. The molecular formula is C19H22F3N. The zero-order valence-electron chi connectivity index (χ0n) is 13.9. The third kappa shape index (κ3) is 4.50. The Hall–Kier alpha value is -1.97. The molecule has 0 fully saturated rings. The highest BCUT2D eigenvalue weighted by Gasteiger charge is 2.30. The summed E-state index contributed by atoms with van der Waals surface area (Å²) in [4.78, 5) is 1.82. The summed E-state index contributed by atoms with van der Waals surface area (Å²) in [6, 6.07) is 13.6. The summed E-state index contributed by atoms with van der Waals surface area (Å²) in [7, 11) is 1.80. The fraction of sp³-hybridized carbons (Fsp3) is 0.368. The molecule has 0 spiro atoms. The Kier molecular flexibility index (Phi) is 4.73. The van der Waals surface area contributed by atoms with Crippen LogP contribution in [0.1, 0.15) is 37.5 Å². The molecule has 0 saturated carbocycles. The van der Waals surface area contributed by atoms with E-state index in [1.165, 1.54) is 17.7 Å². The molecule has 124 valence electrons. The molecule has 0 unspecified atom stereocenters. The van der Waals surface area contributed by atoms with E-state index in [0.717, 1.165) is 11.6 Å². The first kappa shape index (κ1) is 17.4. The number of rotatable bonds is 3. The maximum Gasteiger partial charge on any atom is 0.416 e. The summed E-state index contributed by atoms with van der Waals surface area (Å²) in [5, 5.41) is 0. The number of benzene rings is 2. The van der Waals surface area contributed by atoms with Crippen LogP contribution in [0.5, 0.6) is 0 Å². The van der Waals surface area contributed by atoms with E-state index in [4.69, 9.17) is 0 Å². The molecule has 0 aliphatic rings. The van der Waals surface area contributed by atoms with Crippen molar-refractivity contribution in [3.63, 3.8) is 0 Å². The van der Waals surface area contributed by atoms with Crippen LogP contribution < -0.4 is 4.90 Å². The first-order valence-electron chi connectivity index (χ1n) is 7.55. The highest BCUT2D eigenvalue weighted by Crippen LogP contribution is 2.31. The van der Waals surface area contributed by atoms with Crippen LogP contribution in [0.2, 0.25) is 0 Å². The fourth-order valence-electron chi connectivity index (χ4n) is 2.39. The van der Waals surface area contributed by atoms with Crippen molar-refractivity contribution in [2.45, 2.75) is 38.9 Å². The number of nitrogens with zero attached hydrogens (tertiary/aromatic N) is 1. The van der Waals surface area contributed by atoms with Gasteiger partial charge >= 0.3 is 6.18 Å². The SMILES string of the molecule is CN(Cc1ccc(C(C)(C)C)cc1)c1cccc(C(F)(F)F)c1. The van der Waals surface area contributed by atoms with Crippen molar-refractivity contribution >= 4 is 5.69 Å². The van der Waals surface area contributed by atoms with Crippen LogP contribution in [-0.4, -0.2) is 7.05 Å². The third-order valence-electron chi connectivity index (χ3n) is 3.85. The molecular weight excluding hydrogens is 299 g/mol. The van der Waals surface area contributed by atoms with E-state index >= 15 is 0 Å². The number of hydrogen-bond acceptors (Lipinski definition) is 1. The van der Waals surface area contributed by atoms with E-state index in [2.05, 4.69) is 32.9 Å². The number of alkyl halides is 3. The standard InChI is InChI=1S/C19H22F3N/c1-18(2,3)15-10-8-14(9-11-15)13-23(4)17-7-5-6-16(12-17)19(20,21)22/h5-12H,13H2,1-4H3. The Morgan fingerprint density at radius 1 is 0.870 bits per heavy atom. The topological polar surface area (TPSA) is 3.24 Å². The lowest BCUT2D eigenvalue weighted by atomic mass is 9.87. The van der Waals surface area contributed by atoms with E-state index < -0.39 is 11.7 Å². The van der Waals surface area contributed by atoms with Crippen molar-refractivity contribution in [3.8, 4) is 0 Å². The molecule has 2 rings (SSSR count). The van der Waals surface area contributed by atoms with Crippen molar-refractivity contribution < 1.29 is 13.2 Å². The molecule has 0 atom stereocenters. The van der Waals surface area contributed by atoms with E-state index in [1.807, 2.05) is 17.0 Å². The summed E-state index contributed by atoms with van der Waals surface area (Å²) in [5.41, 5.74) is 2.33. The van der Waals surface area contributed by atoms with Crippen LogP contribution in [0.25, 0.3) is 0 Å². The lowest BCUT2D eigenvalue weighted by molar-refractivity contribution is -0.137. The van der Waals surface area contributed by atoms with Crippen LogP contribution >= 0.6 is 0 Å². The van der Waals surface area contributed by atoms with Gasteiger partial charge in [0.15, 0.2) is 0 Å². The molecule has 0 amide bonds. The molecule has 2 aromatic carbocycles. The zero-order chi connectivity index (χ0) is 17.3. The first-order valence-corrected chi connectivity index (χ1v) is 7.55. The van der Waals surface area contributed by atoms with Gasteiger partial charge in [0, 0.05) is 19.3 Å². The Bertz CT molecular complexity index is 652. The summed E-state index contributed by atoms with van der Waals surface area (Å²) < 4.78 is 38.4. The highest BCUT2D eigenvalue weighted by molar-refractivity contribution is 5.49. The Labute approximate surface area is 135 Å². The highest BCUT2D eigenvalue weighted by atomic mass is 19.4. The Balaban J connectivity index is 2.14. The molecule has 0 saturated heterocycles. The van der Waals surface area contributed by atoms with E-state index in [-0.39, 0.29) is 5.41 Å². The molecule has 1 nitrogen and oxygen atoms in total. The van der Waals surface area contributed by atoms with Gasteiger partial charge in [-0.2, -0.15) is 13.2 Å².